The Labute approximate surface area is 234 Å². The highest BCUT2D eigenvalue weighted by Crippen LogP contribution is 2.63. The first-order valence-electron chi connectivity index (χ1n) is 13.6. The molecule has 5 aromatic carbocycles. The summed E-state index contributed by atoms with van der Waals surface area (Å²) in [6.07, 6.45) is 11.9. The number of hydrogen-bond donors (Lipinski definition) is 0. The van der Waals surface area contributed by atoms with Crippen LogP contribution in [0.2, 0.25) is 0 Å². The second kappa shape index (κ2) is 8.86. The van der Waals surface area contributed by atoms with Crippen molar-refractivity contribution >= 4 is 17.8 Å². The van der Waals surface area contributed by atoms with Gasteiger partial charge in [0.2, 0.25) is 0 Å². The third-order valence-electron chi connectivity index (χ3n) is 8.35. The summed E-state index contributed by atoms with van der Waals surface area (Å²) in [5, 5.41) is 0. The van der Waals surface area contributed by atoms with Gasteiger partial charge in [-0.1, -0.05) is 145 Å². The second-order valence-electron chi connectivity index (χ2n) is 10.5. The Morgan fingerprint density at radius 3 is 1.92 bits per heavy atom. The molecule has 5 aromatic rings. The number of hydrogen-bond acceptors (Lipinski definition) is 1. The van der Waals surface area contributed by atoms with E-state index < -0.39 is 0 Å². The zero-order chi connectivity index (χ0) is 25.8. The quantitative estimate of drug-likeness (QED) is 0.221. The third-order valence-corrected chi connectivity index (χ3v) is 9.50. The van der Waals surface area contributed by atoms with Gasteiger partial charge >= 0.3 is 0 Å². The first kappa shape index (κ1) is 22.6. The zero-order valence-corrected chi connectivity index (χ0v) is 22.3. The van der Waals surface area contributed by atoms with Crippen LogP contribution in [0.15, 0.2) is 155 Å². The first-order chi connectivity index (χ1) is 19.3. The molecule has 1 spiro atoms. The fourth-order valence-corrected chi connectivity index (χ4v) is 7.96. The molecule has 0 atom stereocenters. The van der Waals surface area contributed by atoms with E-state index in [0.29, 0.717) is 0 Å². The van der Waals surface area contributed by atoms with Crippen LogP contribution in [0, 0.1) is 0 Å². The Morgan fingerprint density at radius 1 is 0.564 bits per heavy atom. The van der Waals surface area contributed by atoms with Crippen molar-refractivity contribution in [2.75, 3.05) is 0 Å². The average molecular weight is 515 g/mol. The van der Waals surface area contributed by atoms with E-state index in [0.717, 1.165) is 6.42 Å². The van der Waals surface area contributed by atoms with Gasteiger partial charge in [0.15, 0.2) is 0 Å². The van der Waals surface area contributed by atoms with E-state index >= 15 is 0 Å². The van der Waals surface area contributed by atoms with Crippen molar-refractivity contribution in [3.05, 3.63) is 173 Å². The lowest BCUT2D eigenvalue weighted by atomic mass is 9.66. The molecule has 1 aliphatic heterocycles. The smallest absolute Gasteiger partial charge is 0.0741 e. The largest absolute Gasteiger partial charge is 0.0894 e. The van der Waals surface area contributed by atoms with Crippen molar-refractivity contribution in [3.8, 4) is 22.3 Å². The van der Waals surface area contributed by atoms with Crippen LogP contribution >= 0.6 is 11.8 Å². The van der Waals surface area contributed by atoms with E-state index in [2.05, 4.69) is 146 Å². The first-order valence-corrected chi connectivity index (χ1v) is 14.4. The molecule has 1 heterocycles. The van der Waals surface area contributed by atoms with Gasteiger partial charge in [0.05, 0.1) is 5.41 Å². The molecule has 2 aliphatic carbocycles. The van der Waals surface area contributed by atoms with Crippen molar-refractivity contribution < 1.29 is 0 Å². The van der Waals surface area contributed by atoms with Crippen LogP contribution < -0.4 is 0 Å². The topological polar surface area (TPSA) is 0 Å². The van der Waals surface area contributed by atoms with Crippen LogP contribution in [-0.2, 0) is 5.41 Å². The summed E-state index contributed by atoms with van der Waals surface area (Å²) in [4.78, 5) is 2.68. The van der Waals surface area contributed by atoms with Gasteiger partial charge in [0.25, 0.3) is 0 Å². The van der Waals surface area contributed by atoms with E-state index in [9.17, 15) is 0 Å². The Balaban J connectivity index is 1.40. The molecule has 184 valence electrons. The molecule has 39 heavy (non-hydrogen) atoms. The second-order valence-corrected chi connectivity index (χ2v) is 11.5. The van der Waals surface area contributed by atoms with Gasteiger partial charge in [-0.3, -0.25) is 0 Å². The maximum atomic E-state index is 2.35. The highest BCUT2D eigenvalue weighted by molar-refractivity contribution is 7.99. The van der Waals surface area contributed by atoms with Gasteiger partial charge in [-0.05, 0) is 74.2 Å². The predicted octanol–water partition coefficient (Wildman–Crippen LogP) is 10.1. The number of fused-ring (bicyclic) bond motifs is 9. The molecular weight excluding hydrogens is 488 g/mol. The molecule has 0 bridgehead atoms. The fourth-order valence-electron chi connectivity index (χ4n) is 6.76. The maximum Gasteiger partial charge on any atom is 0.0741 e. The lowest BCUT2D eigenvalue weighted by Gasteiger charge is -2.40. The highest BCUT2D eigenvalue weighted by Gasteiger charge is 2.51. The molecule has 0 N–H and O–H groups in total. The van der Waals surface area contributed by atoms with Crippen molar-refractivity contribution in [1.82, 2.24) is 0 Å². The van der Waals surface area contributed by atoms with E-state index in [1.54, 1.807) is 0 Å². The lowest BCUT2D eigenvalue weighted by Crippen LogP contribution is -2.32. The Morgan fingerprint density at radius 2 is 1.21 bits per heavy atom. The molecule has 3 aliphatic rings. The van der Waals surface area contributed by atoms with Gasteiger partial charge < -0.3 is 0 Å². The molecule has 0 saturated carbocycles. The average Bonchev–Trinajstić information content (AvgIpc) is 3.30. The van der Waals surface area contributed by atoms with E-state index in [1.807, 2.05) is 11.8 Å². The minimum Gasteiger partial charge on any atom is -0.0894 e. The molecule has 1 heteroatoms. The molecule has 0 nitrogen and oxygen atoms in total. The normalized spacial score (nSPS) is 16.6. The van der Waals surface area contributed by atoms with Gasteiger partial charge in [0, 0.05) is 9.79 Å². The summed E-state index contributed by atoms with van der Waals surface area (Å²) >= 11 is 1.90. The monoisotopic (exact) mass is 514 g/mol. The number of rotatable bonds is 2. The summed E-state index contributed by atoms with van der Waals surface area (Å²) in [7, 11) is 0. The predicted molar refractivity (Wildman–Crippen MR) is 164 cm³/mol. The summed E-state index contributed by atoms with van der Waals surface area (Å²) in [6, 6.07) is 43.1. The minimum absolute atomic E-state index is 0.360. The Bertz CT molecular complexity index is 1800. The third kappa shape index (κ3) is 3.33. The van der Waals surface area contributed by atoms with Crippen molar-refractivity contribution in [2.45, 2.75) is 21.6 Å². The van der Waals surface area contributed by atoms with Crippen LogP contribution in [0.5, 0.6) is 0 Å². The highest BCUT2D eigenvalue weighted by atomic mass is 32.2. The zero-order valence-electron chi connectivity index (χ0n) is 21.5. The van der Waals surface area contributed by atoms with E-state index in [-0.39, 0.29) is 5.41 Å². The molecule has 0 radical (unpaired) electrons. The maximum absolute atomic E-state index is 2.35. The van der Waals surface area contributed by atoms with Crippen LogP contribution in [0.4, 0.5) is 0 Å². The molecule has 0 saturated heterocycles. The summed E-state index contributed by atoms with van der Waals surface area (Å²) in [5.41, 5.74) is 13.0. The van der Waals surface area contributed by atoms with Crippen LogP contribution in [-0.4, -0.2) is 0 Å². The summed E-state index contributed by atoms with van der Waals surface area (Å²) < 4.78 is 0. The minimum atomic E-state index is -0.360. The summed E-state index contributed by atoms with van der Waals surface area (Å²) in [6.45, 7) is 0. The lowest BCUT2D eigenvalue weighted by molar-refractivity contribution is 0.724. The van der Waals surface area contributed by atoms with Gasteiger partial charge in [0.1, 0.15) is 0 Å². The number of benzene rings is 5. The molecule has 0 unspecified atom stereocenters. The van der Waals surface area contributed by atoms with Crippen LogP contribution in [0.1, 0.15) is 34.2 Å². The van der Waals surface area contributed by atoms with Crippen molar-refractivity contribution in [2.24, 2.45) is 0 Å². The van der Waals surface area contributed by atoms with Crippen molar-refractivity contribution in [1.29, 1.82) is 0 Å². The van der Waals surface area contributed by atoms with E-state index in [1.165, 1.54) is 65.4 Å². The van der Waals surface area contributed by atoms with Crippen molar-refractivity contribution in [3.63, 3.8) is 0 Å². The SMILES string of the molecule is C1=CC/C(=C/c2ccc(-c3cccc4c3C3(c5ccccc5Sc5ccccc53)c3ccccc3-4)cc2)C=C1. The molecule has 8 rings (SSSR count). The molecular formula is C38H26S. The molecule has 0 aromatic heterocycles. The standard InChI is InChI=1S/C38H26S/c1-2-11-26(12-3-1)25-27-21-23-28(24-22-27)29-14-10-15-31-30-13-4-5-16-32(30)38(37(29)31)33-17-6-8-19-35(33)39-36-20-9-7-18-34(36)38/h1-11,13-25H,12H2/b26-25+. The van der Waals surface area contributed by atoms with Gasteiger partial charge in [-0.2, -0.15) is 0 Å². The Hall–Kier alpha value is -4.33. The summed E-state index contributed by atoms with van der Waals surface area (Å²) in [5.74, 6) is 0. The molecule has 0 amide bonds. The van der Waals surface area contributed by atoms with Crippen LogP contribution in [0.25, 0.3) is 28.3 Å². The number of allylic oxidation sites excluding steroid dienone is 5. The fraction of sp³-hybridized carbons (Fsp3) is 0.0526. The van der Waals surface area contributed by atoms with Gasteiger partial charge in [-0.25, -0.2) is 0 Å². The van der Waals surface area contributed by atoms with Crippen LogP contribution in [0.3, 0.4) is 0 Å². The Kier molecular flexibility index (Phi) is 5.15. The van der Waals surface area contributed by atoms with Gasteiger partial charge in [-0.15, -0.1) is 0 Å². The van der Waals surface area contributed by atoms with E-state index in [4.69, 9.17) is 0 Å². The molecule has 0 fully saturated rings.